The van der Waals surface area contributed by atoms with Gasteiger partial charge in [-0.1, -0.05) is 62.4 Å². The summed E-state index contributed by atoms with van der Waals surface area (Å²) >= 11 is 0. The second-order valence-corrected chi connectivity index (χ2v) is 8.05. The number of carbonyl (C=O) groups excluding carboxylic acids is 2. The van der Waals surface area contributed by atoms with Crippen LogP contribution in [-0.2, 0) is 23.3 Å². The summed E-state index contributed by atoms with van der Waals surface area (Å²) < 4.78 is 5.77. The number of phenols is 1. The smallest absolute Gasteiger partial charge is 0.408 e. The van der Waals surface area contributed by atoms with E-state index in [0.29, 0.717) is 17.7 Å². The first-order chi connectivity index (χ1) is 15.8. The molecule has 2 amide bonds. The summed E-state index contributed by atoms with van der Waals surface area (Å²) in [5.74, 6) is -0.325. The van der Waals surface area contributed by atoms with Gasteiger partial charge in [-0.15, -0.1) is 0 Å². The molecule has 3 aromatic rings. The molecule has 0 aliphatic rings. The number of aromatic hydroxyl groups is 1. The first kappa shape index (κ1) is 23.9. The SMILES string of the molecule is CCc1ccc([C@](C)(CC)OC(=O)NCc2ccc(C(=O)Nc3ccccc3O)cc2)cc1. The largest absolute Gasteiger partial charge is 0.506 e. The Morgan fingerprint density at radius 1 is 0.909 bits per heavy atom. The van der Waals surface area contributed by atoms with Crippen molar-refractivity contribution in [2.24, 2.45) is 0 Å². The molecule has 0 fully saturated rings. The maximum Gasteiger partial charge on any atom is 0.408 e. The van der Waals surface area contributed by atoms with Crippen LogP contribution in [0.25, 0.3) is 0 Å². The number of alkyl carbamates (subject to hydrolysis) is 1. The molecule has 0 saturated heterocycles. The first-order valence-corrected chi connectivity index (χ1v) is 11.1. The average Bonchev–Trinajstić information content (AvgIpc) is 2.84. The zero-order valence-electron chi connectivity index (χ0n) is 19.2. The van der Waals surface area contributed by atoms with E-state index in [2.05, 4.69) is 29.7 Å². The topological polar surface area (TPSA) is 87.7 Å². The predicted octanol–water partition coefficient (Wildman–Crippen LogP) is 5.76. The molecular weight excluding hydrogens is 416 g/mol. The average molecular weight is 447 g/mol. The molecule has 1 atom stereocenters. The third-order valence-corrected chi connectivity index (χ3v) is 5.77. The third-order valence-electron chi connectivity index (χ3n) is 5.77. The van der Waals surface area contributed by atoms with Crippen LogP contribution in [0, 0.1) is 0 Å². The van der Waals surface area contributed by atoms with Gasteiger partial charge in [0.05, 0.1) is 5.69 Å². The van der Waals surface area contributed by atoms with Gasteiger partial charge in [-0.05, 0) is 60.7 Å². The van der Waals surface area contributed by atoms with Crippen LogP contribution in [-0.4, -0.2) is 17.1 Å². The normalized spacial score (nSPS) is 12.5. The number of phenolic OH excluding ortho intramolecular Hbond substituents is 1. The van der Waals surface area contributed by atoms with Crippen LogP contribution in [0.15, 0.2) is 72.8 Å². The van der Waals surface area contributed by atoms with Crippen LogP contribution < -0.4 is 10.6 Å². The molecule has 0 saturated carbocycles. The molecule has 0 unspecified atom stereocenters. The Labute approximate surface area is 194 Å². The molecule has 0 bridgehead atoms. The number of amides is 2. The summed E-state index contributed by atoms with van der Waals surface area (Å²) in [5, 5.41) is 15.3. The van der Waals surface area contributed by atoms with Crippen molar-refractivity contribution in [1.29, 1.82) is 0 Å². The molecular formula is C27H30N2O4. The van der Waals surface area contributed by atoms with Crippen molar-refractivity contribution in [2.45, 2.75) is 45.8 Å². The Kier molecular flexibility index (Phi) is 7.72. The Morgan fingerprint density at radius 2 is 1.55 bits per heavy atom. The maximum absolute atomic E-state index is 12.5. The standard InChI is InChI=1S/C27H30N2O4/c1-4-19-12-16-22(17-13-19)27(3,5-2)33-26(32)28-18-20-10-14-21(15-11-20)25(31)29-23-8-6-7-9-24(23)30/h6-17,30H,4-5,18H2,1-3H3,(H,28,32)(H,29,31)/t27-/m0/s1. The van der Waals surface area contributed by atoms with Gasteiger partial charge in [-0.2, -0.15) is 0 Å². The number of aryl methyl sites for hydroxylation is 1. The molecule has 0 spiro atoms. The van der Waals surface area contributed by atoms with Gasteiger partial charge in [0, 0.05) is 12.1 Å². The maximum atomic E-state index is 12.5. The Hall–Kier alpha value is -3.80. The molecule has 6 nitrogen and oxygen atoms in total. The molecule has 0 heterocycles. The molecule has 0 radical (unpaired) electrons. The molecule has 0 aromatic heterocycles. The van der Waals surface area contributed by atoms with Gasteiger partial charge in [-0.3, -0.25) is 4.79 Å². The molecule has 3 N–H and O–H groups in total. The number of benzene rings is 3. The second-order valence-electron chi connectivity index (χ2n) is 8.05. The Bertz CT molecular complexity index is 1090. The van der Waals surface area contributed by atoms with Crippen molar-refractivity contribution in [3.05, 3.63) is 95.1 Å². The lowest BCUT2D eigenvalue weighted by Crippen LogP contribution is -2.34. The predicted molar refractivity (Wildman–Crippen MR) is 129 cm³/mol. The van der Waals surface area contributed by atoms with Crippen molar-refractivity contribution in [1.82, 2.24) is 5.32 Å². The summed E-state index contributed by atoms with van der Waals surface area (Å²) in [6.07, 6.45) is 1.10. The number of rotatable bonds is 8. The summed E-state index contributed by atoms with van der Waals surface area (Å²) in [4.78, 5) is 24.9. The highest BCUT2D eigenvalue weighted by molar-refractivity contribution is 6.05. The van der Waals surface area contributed by atoms with Crippen molar-refractivity contribution in [2.75, 3.05) is 5.32 Å². The van der Waals surface area contributed by atoms with E-state index >= 15 is 0 Å². The Balaban J connectivity index is 1.56. The number of ether oxygens (including phenoxy) is 1. The quantitative estimate of drug-likeness (QED) is 0.384. The highest BCUT2D eigenvalue weighted by Crippen LogP contribution is 2.29. The lowest BCUT2D eigenvalue weighted by molar-refractivity contribution is 0.0185. The van der Waals surface area contributed by atoms with Crippen LogP contribution in [0.5, 0.6) is 5.75 Å². The van der Waals surface area contributed by atoms with Crippen molar-refractivity contribution < 1.29 is 19.4 Å². The number of carbonyl (C=O) groups is 2. The van der Waals surface area contributed by atoms with Gasteiger partial charge in [0.25, 0.3) is 5.91 Å². The minimum absolute atomic E-state index is 0.00516. The summed E-state index contributed by atoms with van der Waals surface area (Å²) in [5.41, 5.74) is 3.09. The lowest BCUT2D eigenvalue weighted by Gasteiger charge is -2.29. The molecule has 3 aromatic carbocycles. The zero-order chi connectivity index (χ0) is 23.8. The van der Waals surface area contributed by atoms with Crippen molar-refractivity contribution in [3.8, 4) is 5.75 Å². The minimum Gasteiger partial charge on any atom is -0.506 e. The van der Waals surface area contributed by atoms with E-state index in [-0.39, 0.29) is 18.2 Å². The van der Waals surface area contributed by atoms with Crippen LogP contribution in [0.2, 0.25) is 0 Å². The summed E-state index contributed by atoms with van der Waals surface area (Å²) in [6.45, 7) is 6.27. The van der Waals surface area contributed by atoms with E-state index in [0.717, 1.165) is 17.5 Å². The molecule has 6 heteroatoms. The van der Waals surface area contributed by atoms with Crippen molar-refractivity contribution >= 4 is 17.7 Å². The lowest BCUT2D eigenvalue weighted by atomic mass is 9.92. The first-order valence-electron chi connectivity index (χ1n) is 11.1. The van der Waals surface area contributed by atoms with Gasteiger partial charge in [0.15, 0.2) is 0 Å². The molecule has 3 rings (SSSR count). The van der Waals surface area contributed by atoms with Gasteiger partial charge in [0.2, 0.25) is 0 Å². The zero-order valence-corrected chi connectivity index (χ0v) is 19.2. The van der Waals surface area contributed by atoms with E-state index in [4.69, 9.17) is 4.74 Å². The molecule has 0 aliphatic heterocycles. The summed E-state index contributed by atoms with van der Waals surface area (Å²) in [6, 6.07) is 21.5. The monoisotopic (exact) mass is 446 g/mol. The number of hydrogen-bond donors (Lipinski definition) is 3. The third kappa shape index (κ3) is 6.13. The molecule has 172 valence electrons. The second kappa shape index (κ2) is 10.7. The summed E-state index contributed by atoms with van der Waals surface area (Å²) in [7, 11) is 0. The number of hydrogen-bond acceptors (Lipinski definition) is 4. The highest BCUT2D eigenvalue weighted by Gasteiger charge is 2.29. The van der Waals surface area contributed by atoms with Gasteiger partial charge in [-0.25, -0.2) is 4.79 Å². The van der Waals surface area contributed by atoms with Crippen molar-refractivity contribution in [3.63, 3.8) is 0 Å². The highest BCUT2D eigenvalue weighted by atomic mass is 16.6. The Morgan fingerprint density at radius 3 is 2.15 bits per heavy atom. The minimum atomic E-state index is -0.721. The van der Waals surface area contributed by atoms with E-state index in [1.54, 1.807) is 42.5 Å². The van der Waals surface area contributed by atoms with Crippen LogP contribution in [0.4, 0.5) is 10.5 Å². The van der Waals surface area contributed by atoms with Crippen LogP contribution in [0.3, 0.4) is 0 Å². The van der Waals surface area contributed by atoms with Gasteiger partial charge in [0.1, 0.15) is 11.4 Å². The fraction of sp³-hybridized carbons (Fsp3) is 0.259. The fourth-order valence-electron chi connectivity index (χ4n) is 3.39. The van der Waals surface area contributed by atoms with E-state index in [9.17, 15) is 14.7 Å². The van der Waals surface area contributed by atoms with E-state index < -0.39 is 11.7 Å². The fourth-order valence-corrected chi connectivity index (χ4v) is 3.39. The number of nitrogens with one attached hydrogen (secondary N) is 2. The van der Waals surface area contributed by atoms with Crippen LogP contribution >= 0.6 is 0 Å². The van der Waals surface area contributed by atoms with Gasteiger partial charge >= 0.3 is 6.09 Å². The molecule has 33 heavy (non-hydrogen) atoms. The van der Waals surface area contributed by atoms with Gasteiger partial charge < -0.3 is 20.5 Å². The van der Waals surface area contributed by atoms with Crippen LogP contribution in [0.1, 0.15) is 54.2 Å². The number of para-hydroxylation sites is 2. The number of anilines is 1. The molecule has 0 aliphatic carbocycles. The van der Waals surface area contributed by atoms with E-state index in [1.807, 2.05) is 26.0 Å². The van der Waals surface area contributed by atoms with E-state index in [1.165, 1.54) is 11.6 Å².